The Balaban J connectivity index is 1.91. The summed E-state index contributed by atoms with van der Waals surface area (Å²) in [6, 6.07) is 12.8. The Hall–Kier alpha value is -3.04. The average molecular weight is 358 g/mol. The second-order valence-corrected chi connectivity index (χ2v) is 5.72. The van der Waals surface area contributed by atoms with Gasteiger partial charge in [-0.2, -0.15) is 5.26 Å². The van der Waals surface area contributed by atoms with E-state index in [9.17, 15) is 9.18 Å². The lowest BCUT2D eigenvalue weighted by molar-refractivity contribution is 0.102. The number of aromatic nitrogens is 1. The Morgan fingerprint density at radius 1 is 1.36 bits per heavy atom. The van der Waals surface area contributed by atoms with Crippen molar-refractivity contribution in [3.05, 3.63) is 59.0 Å². The molecule has 0 unspecified atom stereocenters. The summed E-state index contributed by atoms with van der Waals surface area (Å²) in [5.74, 6) is -0.574. The first kappa shape index (κ1) is 16.8. The third-order valence-electron chi connectivity index (χ3n) is 3.55. The van der Waals surface area contributed by atoms with Crippen molar-refractivity contribution in [1.82, 2.24) is 4.98 Å². The topological polar surface area (TPSA) is 77.9 Å². The molecule has 1 aromatic heterocycles. The number of benzene rings is 2. The zero-order valence-electron chi connectivity index (χ0n) is 13.1. The number of para-hydroxylation sites is 2. The number of halogens is 2. The van der Waals surface area contributed by atoms with E-state index in [4.69, 9.17) is 21.6 Å². The van der Waals surface area contributed by atoms with E-state index in [-0.39, 0.29) is 10.7 Å². The molecule has 3 rings (SSSR count). The minimum atomic E-state index is -0.669. The van der Waals surface area contributed by atoms with Gasteiger partial charge in [0.05, 0.1) is 10.7 Å². The fourth-order valence-corrected chi connectivity index (χ4v) is 2.65. The van der Waals surface area contributed by atoms with Crippen LogP contribution in [0.15, 0.2) is 42.5 Å². The normalized spacial score (nSPS) is 11.8. The predicted molar refractivity (Wildman–Crippen MR) is 93.4 cm³/mol. The van der Waals surface area contributed by atoms with E-state index in [0.29, 0.717) is 22.3 Å². The van der Waals surface area contributed by atoms with Gasteiger partial charge in [-0.3, -0.25) is 4.79 Å². The van der Waals surface area contributed by atoms with Crippen molar-refractivity contribution < 1.29 is 13.9 Å². The van der Waals surface area contributed by atoms with Crippen molar-refractivity contribution in [2.45, 2.75) is 13.0 Å². The molecule has 0 saturated heterocycles. The fraction of sp³-hybridized carbons (Fsp3) is 0.111. The van der Waals surface area contributed by atoms with Gasteiger partial charge in [0, 0.05) is 10.9 Å². The quantitative estimate of drug-likeness (QED) is 0.721. The summed E-state index contributed by atoms with van der Waals surface area (Å²) in [6.07, 6.45) is -0.669. The van der Waals surface area contributed by atoms with E-state index >= 15 is 0 Å². The molecule has 25 heavy (non-hydrogen) atoms. The lowest BCUT2D eigenvalue weighted by Gasteiger charge is -2.13. The van der Waals surface area contributed by atoms with Gasteiger partial charge in [0.25, 0.3) is 5.91 Å². The van der Waals surface area contributed by atoms with Gasteiger partial charge in [0.2, 0.25) is 0 Å². The highest BCUT2D eigenvalue weighted by molar-refractivity contribution is 6.39. The first-order valence-electron chi connectivity index (χ1n) is 7.43. The van der Waals surface area contributed by atoms with Crippen molar-refractivity contribution in [1.29, 1.82) is 5.26 Å². The number of H-pyrrole nitrogens is 1. The van der Waals surface area contributed by atoms with Crippen LogP contribution in [0, 0.1) is 17.1 Å². The van der Waals surface area contributed by atoms with Crippen LogP contribution in [0.3, 0.4) is 0 Å². The van der Waals surface area contributed by atoms with Gasteiger partial charge in [-0.15, -0.1) is 0 Å². The van der Waals surface area contributed by atoms with Crippen molar-refractivity contribution in [2.24, 2.45) is 0 Å². The van der Waals surface area contributed by atoms with E-state index < -0.39 is 17.8 Å². The minimum Gasteiger partial charge on any atom is -0.474 e. The molecule has 3 aromatic rings. The van der Waals surface area contributed by atoms with Gasteiger partial charge in [0.15, 0.2) is 6.10 Å². The molecule has 0 spiro atoms. The van der Waals surface area contributed by atoms with Crippen LogP contribution < -0.4 is 10.1 Å². The zero-order valence-corrected chi connectivity index (χ0v) is 13.9. The van der Waals surface area contributed by atoms with Crippen LogP contribution in [0.25, 0.3) is 10.9 Å². The molecule has 0 radical (unpaired) electrons. The van der Waals surface area contributed by atoms with E-state index in [0.717, 1.165) is 0 Å². The van der Waals surface area contributed by atoms with Crippen LogP contribution in [0.1, 0.15) is 17.4 Å². The number of nitrogens with zero attached hydrogens (tertiary/aromatic N) is 1. The number of fused-ring (bicyclic) bond motifs is 1. The number of ether oxygens (including phenoxy) is 1. The van der Waals surface area contributed by atoms with Crippen LogP contribution in [0.5, 0.6) is 5.75 Å². The lowest BCUT2D eigenvalue weighted by atomic mass is 10.2. The molecule has 1 atom stereocenters. The SMILES string of the molecule is C[C@@H](C#N)Oc1ccccc1NC(=O)c1[nH]c2ccc(F)cc2c1Cl. The van der Waals surface area contributed by atoms with Crippen LogP contribution in [-0.2, 0) is 0 Å². The Labute approximate surface area is 148 Å². The minimum absolute atomic E-state index is 0.116. The maximum absolute atomic E-state index is 13.4. The summed E-state index contributed by atoms with van der Waals surface area (Å²) < 4.78 is 18.8. The highest BCUT2D eigenvalue weighted by Crippen LogP contribution is 2.30. The molecule has 0 aliphatic carbocycles. The molecular weight excluding hydrogens is 345 g/mol. The highest BCUT2D eigenvalue weighted by Gasteiger charge is 2.18. The molecule has 0 bridgehead atoms. The lowest BCUT2D eigenvalue weighted by Crippen LogP contribution is -2.15. The molecule has 126 valence electrons. The van der Waals surface area contributed by atoms with Crippen LogP contribution >= 0.6 is 11.6 Å². The maximum atomic E-state index is 13.4. The number of nitrogens with one attached hydrogen (secondary N) is 2. The molecule has 0 fully saturated rings. The van der Waals surface area contributed by atoms with Gasteiger partial charge in [-0.05, 0) is 37.3 Å². The van der Waals surface area contributed by atoms with E-state index in [2.05, 4.69) is 10.3 Å². The van der Waals surface area contributed by atoms with Gasteiger partial charge >= 0.3 is 0 Å². The van der Waals surface area contributed by atoms with Gasteiger partial charge in [0.1, 0.15) is 23.3 Å². The molecule has 0 aliphatic rings. The molecule has 0 aliphatic heterocycles. The molecule has 5 nitrogen and oxygen atoms in total. The smallest absolute Gasteiger partial charge is 0.273 e. The first-order chi connectivity index (χ1) is 12.0. The van der Waals surface area contributed by atoms with E-state index in [1.165, 1.54) is 18.2 Å². The summed E-state index contributed by atoms with van der Waals surface area (Å²) in [5.41, 5.74) is 1.07. The monoisotopic (exact) mass is 357 g/mol. The number of carbonyl (C=O) groups is 1. The van der Waals surface area contributed by atoms with Gasteiger partial charge in [-0.1, -0.05) is 23.7 Å². The fourth-order valence-electron chi connectivity index (χ4n) is 2.36. The van der Waals surface area contributed by atoms with Crippen LogP contribution in [-0.4, -0.2) is 17.0 Å². The third-order valence-corrected chi connectivity index (χ3v) is 3.94. The number of nitriles is 1. The van der Waals surface area contributed by atoms with Crippen LogP contribution in [0.2, 0.25) is 5.02 Å². The summed E-state index contributed by atoms with van der Waals surface area (Å²) in [4.78, 5) is 15.4. The molecule has 2 aromatic carbocycles. The number of hydrogen-bond acceptors (Lipinski definition) is 3. The number of aromatic amines is 1. The molecule has 0 saturated carbocycles. The summed E-state index contributed by atoms with van der Waals surface area (Å²) in [6.45, 7) is 1.60. The van der Waals surface area contributed by atoms with Crippen molar-refractivity contribution in [2.75, 3.05) is 5.32 Å². The zero-order chi connectivity index (χ0) is 18.0. The number of anilines is 1. The first-order valence-corrected chi connectivity index (χ1v) is 7.80. The summed E-state index contributed by atoms with van der Waals surface area (Å²) in [7, 11) is 0. The third kappa shape index (κ3) is 3.42. The van der Waals surface area contributed by atoms with Crippen molar-refractivity contribution in [3.63, 3.8) is 0 Å². The second-order valence-electron chi connectivity index (χ2n) is 5.34. The molecule has 1 amide bonds. The molecular formula is C18H13ClFN3O2. The Morgan fingerprint density at radius 2 is 2.12 bits per heavy atom. The second kappa shape index (κ2) is 6.83. The predicted octanol–water partition coefficient (Wildman–Crippen LogP) is 4.50. The summed E-state index contributed by atoms with van der Waals surface area (Å²) >= 11 is 6.20. The number of hydrogen-bond donors (Lipinski definition) is 2. The Morgan fingerprint density at radius 3 is 2.88 bits per heavy atom. The van der Waals surface area contributed by atoms with Gasteiger partial charge in [-0.25, -0.2) is 4.39 Å². The Kier molecular flexibility index (Phi) is 4.59. The molecule has 1 heterocycles. The molecule has 7 heteroatoms. The number of carbonyl (C=O) groups excluding carboxylic acids is 1. The van der Waals surface area contributed by atoms with Gasteiger partial charge < -0.3 is 15.0 Å². The highest BCUT2D eigenvalue weighted by atomic mass is 35.5. The average Bonchev–Trinajstić information content (AvgIpc) is 2.93. The standard InChI is InChI=1S/C18H13ClFN3O2/c1-10(9-21)25-15-5-3-2-4-14(15)23-18(24)17-16(19)12-8-11(20)6-7-13(12)22-17/h2-8,10,22H,1H3,(H,23,24)/t10-/m0/s1. The molecule has 2 N–H and O–H groups in total. The maximum Gasteiger partial charge on any atom is 0.273 e. The number of amides is 1. The Bertz CT molecular complexity index is 994. The van der Waals surface area contributed by atoms with Crippen molar-refractivity contribution >= 4 is 34.1 Å². The largest absolute Gasteiger partial charge is 0.474 e. The van der Waals surface area contributed by atoms with Crippen molar-refractivity contribution in [3.8, 4) is 11.8 Å². The van der Waals surface area contributed by atoms with Crippen LogP contribution in [0.4, 0.5) is 10.1 Å². The van der Waals surface area contributed by atoms with E-state index in [1.54, 1.807) is 31.2 Å². The number of rotatable bonds is 4. The summed E-state index contributed by atoms with van der Waals surface area (Å²) in [5, 5.41) is 12.1. The van der Waals surface area contributed by atoms with E-state index in [1.807, 2.05) is 6.07 Å².